The van der Waals surface area contributed by atoms with E-state index in [0.29, 0.717) is 11.6 Å². The van der Waals surface area contributed by atoms with Crippen molar-refractivity contribution in [1.82, 2.24) is 19.8 Å². The van der Waals surface area contributed by atoms with E-state index in [0.717, 1.165) is 11.4 Å². The number of hydrogen-bond acceptors (Lipinski definition) is 4. The minimum absolute atomic E-state index is 0.588. The first kappa shape index (κ1) is 12.2. The maximum Gasteiger partial charge on any atom is 0.272 e. The molecule has 8 nitrogen and oxygen atoms in total. The molecule has 1 aromatic carbocycles. The van der Waals surface area contributed by atoms with E-state index < -0.39 is 0 Å². The van der Waals surface area contributed by atoms with E-state index in [9.17, 15) is 0 Å². The Morgan fingerprint density at radius 3 is 1.70 bits per heavy atom. The van der Waals surface area contributed by atoms with Gasteiger partial charge >= 0.3 is 0 Å². The van der Waals surface area contributed by atoms with Crippen molar-refractivity contribution in [3.63, 3.8) is 0 Å². The van der Waals surface area contributed by atoms with Crippen molar-refractivity contribution in [2.45, 2.75) is 0 Å². The van der Waals surface area contributed by atoms with Crippen molar-refractivity contribution >= 4 is 11.6 Å². The van der Waals surface area contributed by atoms with Crippen molar-refractivity contribution in [2.75, 3.05) is 11.5 Å². The summed E-state index contributed by atoms with van der Waals surface area (Å²) in [6.07, 6.45) is 3.52. The van der Waals surface area contributed by atoms with Gasteiger partial charge in [0.2, 0.25) is 0 Å². The predicted octanol–water partition coefficient (Wildman–Crippen LogP) is -1.13. The first-order chi connectivity index (χ1) is 9.54. The summed E-state index contributed by atoms with van der Waals surface area (Å²) in [6.45, 7) is 0. The van der Waals surface area contributed by atoms with Crippen molar-refractivity contribution < 1.29 is 9.36 Å². The Balaban J connectivity index is 2.05. The Kier molecular flexibility index (Phi) is 2.63. The lowest BCUT2D eigenvalue weighted by Crippen LogP contribution is -2.34. The zero-order chi connectivity index (χ0) is 14.3. The fourth-order valence-corrected chi connectivity index (χ4v) is 1.89. The summed E-state index contributed by atoms with van der Waals surface area (Å²) in [5, 5.41) is 8.57. The van der Waals surface area contributed by atoms with Gasteiger partial charge in [0.1, 0.15) is 11.4 Å². The highest BCUT2D eigenvalue weighted by atomic mass is 15.5. The highest BCUT2D eigenvalue weighted by Gasteiger charge is 2.13. The lowest BCUT2D eigenvalue weighted by Gasteiger charge is -1.98. The molecule has 0 unspecified atom stereocenters. The van der Waals surface area contributed by atoms with Crippen LogP contribution in [0.2, 0.25) is 0 Å². The molecule has 8 heteroatoms. The summed E-state index contributed by atoms with van der Waals surface area (Å²) >= 11 is 0. The van der Waals surface area contributed by atoms with E-state index in [1.165, 1.54) is 0 Å². The molecular weight excluding hydrogens is 256 g/mol. The lowest BCUT2D eigenvalue weighted by molar-refractivity contribution is -0.718. The van der Waals surface area contributed by atoms with E-state index in [1.54, 1.807) is 45.2 Å². The van der Waals surface area contributed by atoms with E-state index >= 15 is 0 Å². The molecule has 2 aromatic heterocycles. The van der Waals surface area contributed by atoms with Crippen LogP contribution in [0.3, 0.4) is 0 Å². The molecule has 0 radical (unpaired) electrons. The third-order valence-corrected chi connectivity index (χ3v) is 3.08. The quantitative estimate of drug-likeness (QED) is 0.577. The molecule has 0 fully saturated rings. The number of nitrogens with two attached hydrogens (primary N) is 2. The minimum atomic E-state index is 0.588. The van der Waals surface area contributed by atoms with Crippen LogP contribution in [-0.2, 0) is 14.1 Å². The number of aromatic nitrogens is 6. The Bertz CT molecular complexity index is 669. The van der Waals surface area contributed by atoms with Gasteiger partial charge in [0.15, 0.2) is 12.4 Å². The first-order valence-corrected chi connectivity index (χ1v) is 6.08. The van der Waals surface area contributed by atoms with Gasteiger partial charge in [0.25, 0.3) is 11.6 Å². The lowest BCUT2D eigenvalue weighted by atomic mass is 10.3. The molecule has 0 aliphatic carbocycles. The summed E-state index contributed by atoms with van der Waals surface area (Å²) in [7, 11) is 3.59. The molecule has 3 rings (SSSR count). The molecule has 0 saturated heterocycles. The van der Waals surface area contributed by atoms with Gasteiger partial charge < -0.3 is 11.5 Å². The van der Waals surface area contributed by atoms with Crippen molar-refractivity contribution in [3.8, 4) is 11.4 Å². The average Bonchev–Trinajstić information content (AvgIpc) is 2.94. The Morgan fingerprint density at radius 2 is 1.35 bits per heavy atom. The number of anilines is 2. The molecule has 102 valence electrons. The fourth-order valence-electron chi connectivity index (χ4n) is 1.89. The molecule has 2 heterocycles. The number of hydrogen-bond donors (Lipinski definition) is 2. The molecule has 3 aromatic rings. The molecule has 0 aliphatic rings. The maximum absolute atomic E-state index is 5.79. The maximum atomic E-state index is 5.79. The molecule has 0 amide bonds. The van der Waals surface area contributed by atoms with Gasteiger partial charge in [-0.05, 0) is 12.1 Å². The first-order valence-electron chi connectivity index (χ1n) is 6.08. The molecule has 0 atom stereocenters. The molecular formula is C12H16N8+2. The predicted molar refractivity (Wildman–Crippen MR) is 71.9 cm³/mol. The second-order valence-corrected chi connectivity index (χ2v) is 4.54. The zero-order valence-corrected chi connectivity index (χ0v) is 11.3. The van der Waals surface area contributed by atoms with Gasteiger partial charge in [-0.3, -0.25) is 0 Å². The summed E-state index contributed by atoms with van der Waals surface area (Å²) < 4.78 is 6.65. The molecule has 0 spiro atoms. The van der Waals surface area contributed by atoms with Crippen LogP contribution in [0.25, 0.3) is 11.4 Å². The van der Waals surface area contributed by atoms with Gasteiger partial charge in [-0.15, -0.1) is 18.7 Å². The molecule has 20 heavy (non-hydrogen) atoms. The smallest absolute Gasteiger partial charge is 0.272 e. The number of nitrogen functional groups attached to an aromatic ring is 2. The molecule has 0 bridgehead atoms. The standard InChI is InChI=1S/C12H16N8/c1-17-11(13)7-19(15-17)9-4-3-5-10(6-9)20-8-12(14)18(2)16-20/h3-8H,13-14H2,1-2H3/q+2. The van der Waals surface area contributed by atoms with Gasteiger partial charge in [-0.25, -0.2) is 0 Å². The van der Waals surface area contributed by atoms with Crippen molar-refractivity contribution in [1.29, 1.82) is 0 Å². The number of rotatable bonds is 2. The van der Waals surface area contributed by atoms with Crippen LogP contribution >= 0.6 is 0 Å². The van der Waals surface area contributed by atoms with E-state index in [1.807, 2.05) is 24.3 Å². The summed E-state index contributed by atoms with van der Waals surface area (Å²) in [5.41, 5.74) is 13.4. The average molecular weight is 272 g/mol. The molecule has 0 saturated carbocycles. The Morgan fingerprint density at radius 1 is 0.900 bits per heavy atom. The SMILES string of the molecule is C[n+]1nn(-c2cccc(-n3cc(N)[n+](C)n3)c2)cc1N. The highest BCUT2D eigenvalue weighted by Crippen LogP contribution is 2.13. The van der Waals surface area contributed by atoms with Gasteiger partial charge in [-0.2, -0.15) is 0 Å². The summed E-state index contributed by atoms with van der Waals surface area (Å²) in [4.78, 5) is 0. The van der Waals surface area contributed by atoms with Gasteiger partial charge in [-0.1, -0.05) is 6.07 Å². The van der Waals surface area contributed by atoms with Gasteiger partial charge in [0, 0.05) is 16.5 Å². The van der Waals surface area contributed by atoms with Crippen LogP contribution in [0.15, 0.2) is 36.7 Å². The van der Waals surface area contributed by atoms with Crippen LogP contribution in [0, 0.1) is 0 Å². The summed E-state index contributed by atoms with van der Waals surface area (Å²) in [6, 6.07) is 7.78. The van der Waals surface area contributed by atoms with E-state index in [4.69, 9.17) is 11.5 Å². The number of aryl methyl sites for hydroxylation is 2. The van der Waals surface area contributed by atoms with Crippen LogP contribution < -0.4 is 20.8 Å². The molecule has 0 aliphatic heterocycles. The largest absolute Gasteiger partial charge is 0.315 e. The van der Waals surface area contributed by atoms with Crippen molar-refractivity contribution in [2.24, 2.45) is 14.1 Å². The van der Waals surface area contributed by atoms with Gasteiger partial charge in [0.05, 0.1) is 14.1 Å². The number of benzene rings is 1. The Labute approximate surface area is 115 Å². The number of nitrogens with zero attached hydrogens (tertiary/aromatic N) is 6. The topological polar surface area (TPSA) is 95.4 Å². The van der Waals surface area contributed by atoms with E-state index in [2.05, 4.69) is 10.4 Å². The third kappa shape index (κ3) is 1.96. The van der Waals surface area contributed by atoms with E-state index in [-0.39, 0.29) is 0 Å². The van der Waals surface area contributed by atoms with Crippen molar-refractivity contribution in [3.05, 3.63) is 36.7 Å². The van der Waals surface area contributed by atoms with Crippen LogP contribution in [-0.4, -0.2) is 19.8 Å². The van der Waals surface area contributed by atoms with Crippen LogP contribution in [0.4, 0.5) is 11.6 Å². The van der Waals surface area contributed by atoms with Crippen LogP contribution in [0.5, 0.6) is 0 Å². The monoisotopic (exact) mass is 272 g/mol. The minimum Gasteiger partial charge on any atom is -0.315 e. The second kappa shape index (κ2) is 4.34. The highest BCUT2D eigenvalue weighted by molar-refractivity contribution is 5.43. The van der Waals surface area contributed by atoms with Crippen LogP contribution in [0.1, 0.15) is 0 Å². The fraction of sp³-hybridized carbons (Fsp3) is 0.167. The summed E-state index contributed by atoms with van der Waals surface area (Å²) in [5.74, 6) is 1.18. The second-order valence-electron chi connectivity index (χ2n) is 4.54. The third-order valence-electron chi connectivity index (χ3n) is 3.08. The molecule has 4 N–H and O–H groups in total. The zero-order valence-electron chi connectivity index (χ0n) is 11.3. The Hall–Kier alpha value is -2.90. The normalized spacial score (nSPS) is 10.9.